The van der Waals surface area contributed by atoms with Crippen molar-refractivity contribution >= 4 is 27.2 Å². The van der Waals surface area contributed by atoms with E-state index < -0.39 is 21.7 Å². The number of likely N-dealkylation sites (N-methyl/N-ethyl adjacent to an activating group) is 1. The van der Waals surface area contributed by atoms with Crippen LogP contribution in [0.1, 0.15) is 32.3 Å². The summed E-state index contributed by atoms with van der Waals surface area (Å²) in [4.78, 5) is 14.6. The minimum Gasteiger partial charge on any atom is -0.462 e. The highest BCUT2D eigenvalue weighted by Gasteiger charge is 2.35. The predicted molar refractivity (Wildman–Crippen MR) is 118 cm³/mol. The van der Waals surface area contributed by atoms with Crippen molar-refractivity contribution in [1.29, 1.82) is 0 Å². The van der Waals surface area contributed by atoms with E-state index in [9.17, 15) is 13.2 Å². The minimum atomic E-state index is -4.13. The van der Waals surface area contributed by atoms with Crippen LogP contribution in [0.3, 0.4) is 0 Å². The molecule has 2 heterocycles. The van der Waals surface area contributed by atoms with Gasteiger partial charge in [-0.3, -0.25) is 8.98 Å². The summed E-state index contributed by atoms with van der Waals surface area (Å²) in [7, 11) is -0.184. The van der Waals surface area contributed by atoms with Gasteiger partial charge in [0.05, 0.1) is 30.8 Å². The molecule has 1 saturated heterocycles. The Morgan fingerprint density at radius 1 is 1.23 bits per heavy atom. The first-order chi connectivity index (χ1) is 14.6. The van der Waals surface area contributed by atoms with Gasteiger partial charge in [-0.25, -0.2) is 3.97 Å². The number of fused-ring (bicyclic) bond motifs is 1. The standard InChI is InChI=1S/C22H32N2O6S/c1-22(2,21(25)30-18-10-13-28-14-11-18)16-29-31(26,27)24-15-17(9-12-23(3)4)19-7-5-6-8-20(19)24/h5-8,15,18H,9-14,16H2,1-4H3. The number of carbonyl (C=O) groups excluding carboxylic acids is 1. The molecule has 0 bridgehead atoms. The highest BCUT2D eigenvalue weighted by Crippen LogP contribution is 2.26. The van der Waals surface area contributed by atoms with Crippen molar-refractivity contribution in [2.24, 2.45) is 5.41 Å². The Morgan fingerprint density at radius 3 is 2.58 bits per heavy atom. The lowest BCUT2D eigenvalue weighted by Crippen LogP contribution is -2.37. The maximum atomic E-state index is 13.0. The Balaban J connectivity index is 1.74. The molecule has 3 rings (SSSR count). The van der Waals surface area contributed by atoms with Gasteiger partial charge < -0.3 is 14.4 Å². The number of hydrogen-bond acceptors (Lipinski definition) is 7. The Bertz CT molecular complexity index is 1010. The summed E-state index contributed by atoms with van der Waals surface area (Å²) in [6.07, 6.45) is 3.40. The van der Waals surface area contributed by atoms with E-state index in [4.69, 9.17) is 13.7 Å². The van der Waals surface area contributed by atoms with Crippen LogP contribution < -0.4 is 0 Å². The van der Waals surface area contributed by atoms with Gasteiger partial charge in [0.15, 0.2) is 0 Å². The highest BCUT2D eigenvalue weighted by atomic mass is 32.2. The topological polar surface area (TPSA) is 87.1 Å². The number of benzene rings is 1. The lowest BCUT2D eigenvalue weighted by Gasteiger charge is -2.28. The van der Waals surface area contributed by atoms with Gasteiger partial charge in [0, 0.05) is 31.0 Å². The molecular weight excluding hydrogens is 420 g/mol. The molecule has 0 unspecified atom stereocenters. The lowest BCUT2D eigenvalue weighted by molar-refractivity contribution is -0.165. The second-order valence-corrected chi connectivity index (χ2v) is 10.3. The smallest absolute Gasteiger partial charge is 0.366 e. The number of nitrogens with zero attached hydrogens (tertiary/aromatic N) is 2. The molecule has 1 aliphatic heterocycles. The van der Waals surface area contributed by atoms with E-state index in [0.29, 0.717) is 38.0 Å². The van der Waals surface area contributed by atoms with E-state index in [-0.39, 0.29) is 12.7 Å². The van der Waals surface area contributed by atoms with Crippen molar-refractivity contribution in [1.82, 2.24) is 8.87 Å². The van der Waals surface area contributed by atoms with Crippen LogP contribution in [0.25, 0.3) is 10.9 Å². The minimum absolute atomic E-state index is 0.204. The Labute approximate surface area is 184 Å². The Hall–Kier alpha value is -1.94. The van der Waals surface area contributed by atoms with Crippen LogP contribution in [0.2, 0.25) is 0 Å². The van der Waals surface area contributed by atoms with Crippen molar-refractivity contribution in [3.63, 3.8) is 0 Å². The summed E-state index contributed by atoms with van der Waals surface area (Å²) < 4.78 is 43.4. The zero-order valence-electron chi connectivity index (χ0n) is 18.7. The molecule has 8 nitrogen and oxygen atoms in total. The number of rotatable bonds is 9. The molecule has 0 saturated carbocycles. The molecule has 0 N–H and O–H groups in total. The van der Waals surface area contributed by atoms with Gasteiger partial charge in [0.25, 0.3) is 0 Å². The average molecular weight is 453 g/mol. The van der Waals surface area contributed by atoms with E-state index in [1.54, 1.807) is 32.2 Å². The first-order valence-electron chi connectivity index (χ1n) is 10.5. The fraction of sp³-hybridized carbons (Fsp3) is 0.591. The molecule has 0 radical (unpaired) electrons. The third-order valence-electron chi connectivity index (χ3n) is 5.39. The molecule has 172 valence electrons. The molecular formula is C22H32N2O6S. The van der Waals surface area contributed by atoms with Crippen LogP contribution >= 0.6 is 0 Å². The third-order valence-corrected chi connectivity index (χ3v) is 6.59. The Morgan fingerprint density at radius 2 is 1.90 bits per heavy atom. The van der Waals surface area contributed by atoms with Crippen LogP contribution in [0.4, 0.5) is 0 Å². The fourth-order valence-electron chi connectivity index (χ4n) is 3.39. The third kappa shape index (κ3) is 5.85. The summed E-state index contributed by atoms with van der Waals surface area (Å²) >= 11 is 0. The van der Waals surface area contributed by atoms with Crippen LogP contribution in [0.5, 0.6) is 0 Å². The van der Waals surface area contributed by atoms with Gasteiger partial charge in [-0.05, 0) is 46.0 Å². The van der Waals surface area contributed by atoms with Crippen LogP contribution in [0.15, 0.2) is 30.5 Å². The average Bonchev–Trinajstić information content (AvgIpc) is 3.11. The molecule has 0 spiro atoms. The van der Waals surface area contributed by atoms with Crippen molar-refractivity contribution in [3.8, 4) is 0 Å². The molecule has 9 heteroatoms. The first-order valence-corrected chi connectivity index (χ1v) is 11.9. The molecule has 31 heavy (non-hydrogen) atoms. The molecule has 1 fully saturated rings. The highest BCUT2D eigenvalue weighted by molar-refractivity contribution is 7.85. The number of carbonyl (C=O) groups is 1. The number of hydrogen-bond donors (Lipinski definition) is 0. The largest absolute Gasteiger partial charge is 0.462 e. The zero-order chi connectivity index (χ0) is 22.6. The second kappa shape index (κ2) is 9.68. The normalized spacial score (nSPS) is 16.2. The second-order valence-electron chi connectivity index (χ2n) is 8.84. The molecule has 2 aromatic rings. The maximum Gasteiger partial charge on any atom is 0.366 e. The van der Waals surface area contributed by atoms with E-state index in [1.165, 1.54) is 0 Å². The quantitative estimate of drug-likeness (QED) is 0.541. The zero-order valence-corrected chi connectivity index (χ0v) is 19.5. The van der Waals surface area contributed by atoms with Gasteiger partial charge >= 0.3 is 16.3 Å². The van der Waals surface area contributed by atoms with Crippen LogP contribution in [-0.2, 0) is 35.2 Å². The number of esters is 1. The summed E-state index contributed by atoms with van der Waals surface area (Å²) in [5, 5.41) is 0.870. The molecule has 0 aliphatic carbocycles. The number of ether oxygens (including phenoxy) is 2. The molecule has 0 atom stereocenters. The molecule has 1 aromatic heterocycles. The van der Waals surface area contributed by atoms with Crippen molar-refractivity contribution < 1.29 is 26.9 Å². The van der Waals surface area contributed by atoms with E-state index in [2.05, 4.69) is 0 Å². The predicted octanol–water partition coefficient (Wildman–Crippen LogP) is 2.60. The van der Waals surface area contributed by atoms with Gasteiger partial charge in [0.1, 0.15) is 6.10 Å². The van der Waals surface area contributed by atoms with Gasteiger partial charge in [-0.15, -0.1) is 0 Å². The van der Waals surface area contributed by atoms with Crippen molar-refractivity contribution in [2.45, 2.75) is 39.2 Å². The summed E-state index contributed by atoms with van der Waals surface area (Å²) in [5.74, 6) is -0.473. The molecule has 1 aliphatic rings. The fourth-order valence-corrected chi connectivity index (χ4v) is 4.60. The van der Waals surface area contributed by atoms with Crippen LogP contribution in [0, 0.1) is 5.41 Å². The SMILES string of the molecule is CN(C)CCc1cn(S(=O)(=O)OCC(C)(C)C(=O)OC2CCOCC2)c2ccccc12. The summed E-state index contributed by atoms with van der Waals surface area (Å²) in [6.45, 7) is 4.85. The summed E-state index contributed by atoms with van der Waals surface area (Å²) in [6, 6.07) is 7.33. The van der Waals surface area contributed by atoms with E-state index >= 15 is 0 Å². The van der Waals surface area contributed by atoms with E-state index in [1.807, 2.05) is 31.1 Å². The molecule has 0 amide bonds. The molecule has 1 aromatic carbocycles. The number of para-hydroxylation sites is 1. The van der Waals surface area contributed by atoms with Gasteiger partial charge in [-0.1, -0.05) is 18.2 Å². The van der Waals surface area contributed by atoms with Gasteiger partial charge in [-0.2, -0.15) is 8.42 Å². The number of aromatic nitrogens is 1. The van der Waals surface area contributed by atoms with E-state index in [0.717, 1.165) is 21.5 Å². The van der Waals surface area contributed by atoms with Crippen molar-refractivity contribution in [3.05, 3.63) is 36.0 Å². The monoisotopic (exact) mass is 452 g/mol. The maximum absolute atomic E-state index is 13.0. The van der Waals surface area contributed by atoms with Crippen molar-refractivity contribution in [2.75, 3.05) is 40.5 Å². The Kier molecular flexibility index (Phi) is 7.41. The lowest BCUT2D eigenvalue weighted by atomic mass is 9.95. The first kappa shape index (κ1) is 23.7. The summed E-state index contributed by atoms with van der Waals surface area (Å²) in [5.41, 5.74) is 0.371. The van der Waals surface area contributed by atoms with Gasteiger partial charge in [0.2, 0.25) is 0 Å². The van der Waals surface area contributed by atoms with Crippen LogP contribution in [-0.4, -0.2) is 69.8 Å².